The molecule has 0 bridgehead atoms. The van der Waals surface area contributed by atoms with Crippen LogP contribution in [0.2, 0.25) is 0 Å². The Morgan fingerprint density at radius 1 is 1.75 bits per heavy atom. The van der Waals surface area contributed by atoms with Crippen molar-refractivity contribution in [3.05, 3.63) is 10.1 Å². The Labute approximate surface area is 69.3 Å². The Hall–Kier alpha value is -1.17. The van der Waals surface area contributed by atoms with Crippen LogP contribution in [-0.2, 0) is 9.53 Å². The Morgan fingerprint density at radius 3 is 2.58 bits per heavy atom. The van der Waals surface area contributed by atoms with Gasteiger partial charge in [0.15, 0.2) is 0 Å². The molecule has 0 aromatic carbocycles. The van der Waals surface area contributed by atoms with Gasteiger partial charge < -0.3 is 9.84 Å². The number of esters is 1. The van der Waals surface area contributed by atoms with Crippen LogP contribution in [0.25, 0.3) is 0 Å². The van der Waals surface area contributed by atoms with Crippen LogP contribution in [-0.4, -0.2) is 34.8 Å². The maximum Gasteiger partial charge on any atom is 0.344 e. The quantitative estimate of drug-likeness (QED) is 0.357. The molecule has 1 atom stereocenters. The van der Waals surface area contributed by atoms with Gasteiger partial charge in [0.2, 0.25) is 12.1 Å². The van der Waals surface area contributed by atoms with E-state index in [1.165, 1.54) is 0 Å². The highest BCUT2D eigenvalue weighted by molar-refractivity contribution is 5.78. The summed E-state index contributed by atoms with van der Waals surface area (Å²) in [6, 6.07) is 0. The number of carbonyl (C=O) groups is 1. The molecule has 0 amide bonds. The van der Waals surface area contributed by atoms with Gasteiger partial charge in [-0.2, -0.15) is 0 Å². The minimum absolute atomic E-state index is 0.0900. The first-order chi connectivity index (χ1) is 5.40. The lowest BCUT2D eigenvalue weighted by Crippen LogP contribution is -2.43. The third-order valence-corrected chi connectivity index (χ3v) is 1.15. The summed E-state index contributed by atoms with van der Waals surface area (Å²) in [6.45, 7) is 1.85. The highest BCUT2D eigenvalue weighted by atomic mass is 16.6. The fourth-order valence-electron chi connectivity index (χ4n) is 0.603. The number of ether oxygens (including phenoxy) is 1. The minimum Gasteiger partial charge on any atom is -0.464 e. The maximum atomic E-state index is 10.8. The van der Waals surface area contributed by atoms with Gasteiger partial charge in [0.25, 0.3) is 0 Å². The highest BCUT2D eigenvalue weighted by Crippen LogP contribution is 2.05. The zero-order valence-electron chi connectivity index (χ0n) is 6.94. The first-order valence-electron chi connectivity index (χ1n) is 3.41. The molecule has 0 aliphatic heterocycles. The second kappa shape index (κ2) is 4.01. The van der Waals surface area contributed by atoms with Crippen molar-refractivity contribution < 1.29 is 19.6 Å². The van der Waals surface area contributed by atoms with E-state index in [2.05, 4.69) is 4.74 Å². The average molecular weight is 177 g/mol. The van der Waals surface area contributed by atoms with E-state index < -0.39 is 23.0 Å². The lowest BCUT2D eigenvalue weighted by atomic mass is 10.1. The van der Waals surface area contributed by atoms with Gasteiger partial charge in [-0.3, -0.25) is 10.1 Å². The number of nitro groups is 1. The summed E-state index contributed by atoms with van der Waals surface area (Å²) in [7, 11) is 0. The van der Waals surface area contributed by atoms with Crippen molar-refractivity contribution in [1.82, 2.24) is 0 Å². The van der Waals surface area contributed by atoms with Crippen LogP contribution in [0.3, 0.4) is 0 Å². The average Bonchev–Trinajstić information content (AvgIpc) is 1.85. The number of aliphatic hydroxyl groups is 1. The second-order valence-corrected chi connectivity index (χ2v) is 2.49. The highest BCUT2D eigenvalue weighted by Gasteiger charge is 2.37. The molecule has 0 heterocycles. The molecule has 0 aliphatic carbocycles. The molecule has 0 fully saturated rings. The first-order valence-corrected chi connectivity index (χ1v) is 3.41. The molecule has 0 saturated heterocycles. The lowest BCUT2D eigenvalue weighted by molar-refractivity contribution is -0.496. The predicted molar refractivity (Wildman–Crippen MR) is 39.1 cm³/mol. The molecular weight excluding hydrogens is 166 g/mol. The number of hydrogen-bond acceptors (Lipinski definition) is 5. The number of rotatable bonds is 4. The first kappa shape index (κ1) is 10.8. The number of hydrogen-bond donors (Lipinski definition) is 1. The van der Waals surface area contributed by atoms with Gasteiger partial charge in [-0.15, -0.1) is 0 Å². The summed E-state index contributed by atoms with van der Waals surface area (Å²) in [5, 5.41) is 19.1. The molecule has 0 aliphatic rings. The van der Waals surface area contributed by atoms with E-state index in [-0.39, 0.29) is 6.61 Å². The van der Waals surface area contributed by atoms with Crippen LogP contribution in [0, 0.1) is 10.1 Å². The third kappa shape index (κ3) is 3.29. The van der Waals surface area contributed by atoms with Gasteiger partial charge in [-0.1, -0.05) is 0 Å². The molecule has 0 rings (SSSR count). The van der Waals surface area contributed by atoms with Crippen LogP contribution in [0.15, 0.2) is 0 Å². The summed E-state index contributed by atoms with van der Waals surface area (Å²) in [5.41, 5.74) is -2.03. The van der Waals surface area contributed by atoms with Gasteiger partial charge in [0, 0.05) is 4.92 Å². The van der Waals surface area contributed by atoms with Crippen molar-refractivity contribution in [3.63, 3.8) is 0 Å². The van der Waals surface area contributed by atoms with E-state index in [1.807, 2.05) is 0 Å². The van der Waals surface area contributed by atoms with E-state index in [1.54, 1.807) is 6.92 Å². The lowest BCUT2D eigenvalue weighted by Gasteiger charge is -2.15. The number of nitrogens with zero attached hydrogens (tertiary/aromatic N) is 1. The Morgan fingerprint density at radius 2 is 2.25 bits per heavy atom. The van der Waals surface area contributed by atoms with Gasteiger partial charge >= 0.3 is 5.97 Å². The van der Waals surface area contributed by atoms with Crippen LogP contribution >= 0.6 is 0 Å². The largest absolute Gasteiger partial charge is 0.464 e. The molecule has 0 unspecified atom stereocenters. The van der Waals surface area contributed by atoms with E-state index in [0.29, 0.717) is 0 Å². The molecular formula is C6H11NO5. The van der Waals surface area contributed by atoms with Crippen molar-refractivity contribution >= 4 is 5.97 Å². The molecule has 0 saturated carbocycles. The molecule has 1 N–H and O–H groups in total. The van der Waals surface area contributed by atoms with Gasteiger partial charge in [0.1, 0.15) is 0 Å². The van der Waals surface area contributed by atoms with Gasteiger partial charge in [-0.25, -0.2) is 4.79 Å². The summed E-state index contributed by atoms with van der Waals surface area (Å²) in [4.78, 5) is 20.0. The zero-order valence-corrected chi connectivity index (χ0v) is 6.94. The molecule has 0 aromatic heterocycles. The maximum absolute atomic E-state index is 10.8. The van der Waals surface area contributed by atoms with E-state index >= 15 is 0 Å². The Bertz CT molecular complexity index is 188. The monoisotopic (exact) mass is 177 g/mol. The second-order valence-electron chi connectivity index (χ2n) is 2.49. The summed E-state index contributed by atoms with van der Waals surface area (Å²) >= 11 is 0. The molecule has 0 spiro atoms. The SMILES string of the molecule is CCOC(=O)[C@](C)(O)C[N+](=O)[O-]. The normalized spacial score (nSPS) is 14.9. The molecule has 0 aromatic rings. The van der Waals surface area contributed by atoms with Crippen molar-refractivity contribution in [3.8, 4) is 0 Å². The summed E-state index contributed by atoms with van der Waals surface area (Å²) < 4.78 is 4.41. The fraction of sp³-hybridized carbons (Fsp3) is 0.833. The topological polar surface area (TPSA) is 89.7 Å². The van der Waals surface area contributed by atoms with Crippen molar-refractivity contribution in [1.29, 1.82) is 0 Å². The smallest absolute Gasteiger partial charge is 0.344 e. The van der Waals surface area contributed by atoms with Crippen LogP contribution in [0.1, 0.15) is 13.8 Å². The predicted octanol–water partition coefficient (Wildman–Crippen LogP) is -0.423. The summed E-state index contributed by atoms with van der Waals surface area (Å²) in [6.07, 6.45) is 0. The van der Waals surface area contributed by atoms with Crippen molar-refractivity contribution in [2.75, 3.05) is 13.2 Å². The van der Waals surface area contributed by atoms with Crippen molar-refractivity contribution in [2.45, 2.75) is 19.4 Å². The van der Waals surface area contributed by atoms with Crippen LogP contribution in [0.5, 0.6) is 0 Å². The van der Waals surface area contributed by atoms with Crippen molar-refractivity contribution in [2.24, 2.45) is 0 Å². The van der Waals surface area contributed by atoms with E-state index in [4.69, 9.17) is 5.11 Å². The summed E-state index contributed by atoms with van der Waals surface area (Å²) in [5.74, 6) is -0.971. The number of carbonyl (C=O) groups excluding carboxylic acids is 1. The third-order valence-electron chi connectivity index (χ3n) is 1.15. The van der Waals surface area contributed by atoms with Gasteiger partial charge in [-0.05, 0) is 13.8 Å². The standard InChI is InChI=1S/C6H11NO5/c1-3-12-5(8)6(2,9)4-7(10)11/h9H,3-4H2,1-2H3/t6-/m1/s1. The molecule has 6 heteroatoms. The van der Waals surface area contributed by atoms with E-state index in [9.17, 15) is 14.9 Å². The molecule has 0 radical (unpaired) electrons. The molecule has 70 valence electrons. The van der Waals surface area contributed by atoms with E-state index in [0.717, 1.165) is 6.92 Å². The zero-order chi connectivity index (χ0) is 9.78. The Balaban J connectivity index is 4.18. The van der Waals surface area contributed by atoms with Gasteiger partial charge in [0.05, 0.1) is 6.61 Å². The van der Waals surface area contributed by atoms with Crippen LogP contribution < -0.4 is 0 Å². The molecule has 12 heavy (non-hydrogen) atoms. The Kier molecular flexibility index (Phi) is 3.62. The molecule has 6 nitrogen and oxygen atoms in total. The van der Waals surface area contributed by atoms with Crippen LogP contribution in [0.4, 0.5) is 0 Å². The fourth-order valence-corrected chi connectivity index (χ4v) is 0.603. The minimum atomic E-state index is -2.03.